The van der Waals surface area contributed by atoms with Crippen molar-refractivity contribution in [3.8, 4) is 0 Å². The molecule has 96 valence electrons. The van der Waals surface area contributed by atoms with E-state index in [2.05, 4.69) is 0 Å². The number of carbonyl (C=O) groups is 3. The summed E-state index contributed by atoms with van der Waals surface area (Å²) in [4.78, 5) is 36.0. The Labute approximate surface area is 101 Å². The zero-order valence-corrected chi connectivity index (χ0v) is 10.5. The van der Waals surface area contributed by atoms with Gasteiger partial charge in [0.15, 0.2) is 0 Å². The van der Waals surface area contributed by atoms with E-state index in [4.69, 9.17) is 0 Å². The first-order valence-electron chi connectivity index (χ1n) is 5.83. The van der Waals surface area contributed by atoms with Crippen molar-refractivity contribution in [2.24, 2.45) is 5.41 Å². The van der Waals surface area contributed by atoms with Crippen LogP contribution in [0.25, 0.3) is 0 Å². The van der Waals surface area contributed by atoms with Crippen LogP contribution >= 0.6 is 0 Å². The lowest BCUT2D eigenvalue weighted by atomic mass is 9.85. The maximum atomic E-state index is 11.9. The van der Waals surface area contributed by atoms with Gasteiger partial charge in [0, 0.05) is 12.8 Å². The van der Waals surface area contributed by atoms with Gasteiger partial charge in [-0.15, -0.1) is 0 Å². The highest BCUT2D eigenvalue weighted by atomic mass is 16.4. The first kappa shape index (κ1) is 13.7. The van der Waals surface area contributed by atoms with Crippen LogP contribution in [0.2, 0.25) is 0 Å². The summed E-state index contributed by atoms with van der Waals surface area (Å²) < 4.78 is 0. The molecule has 1 aliphatic rings. The number of carbonyl (C=O) groups excluding carboxylic acids is 2. The van der Waals surface area contributed by atoms with E-state index in [-0.39, 0.29) is 24.7 Å². The molecular weight excluding hydrogens is 222 g/mol. The van der Waals surface area contributed by atoms with Crippen molar-refractivity contribution in [2.45, 2.75) is 52.5 Å². The van der Waals surface area contributed by atoms with Crippen LogP contribution in [0.3, 0.4) is 0 Å². The van der Waals surface area contributed by atoms with Gasteiger partial charge in [0.1, 0.15) is 6.04 Å². The van der Waals surface area contributed by atoms with E-state index in [1.807, 2.05) is 0 Å². The van der Waals surface area contributed by atoms with E-state index in [1.54, 1.807) is 20.8 Å². The third-order valence-corrected chi connectivity index (χ3v) is 2.88. The Morgan fingerprint density at radius 1 is 1.18 bits per heavy atom. The molecule has 1 unspecified atom stereocenters. The lowest BCUT2D eigenvalue weighted by Gasteiger charge is -2.35. The molecule has 0 bridgehead atoms. The van der Waals surface area contributed by atoms with Gasteiger partial charge in [0.05, 0.1) is 0 Å². The molecule has 1 heterocycles. The zero-order chi connectivity index (χ0) is 13.2. The summed E-state index contributed by atoms with van der Waals surface area (Å²) in [6.07, 6.45) is 1.81. The van der Waals surface area contributed by atoms with Crippen LogP contribution in [0, 0.1) is 5.41 Å². The zero-order valence-electron chi connectivity index (χ0n) is 10.5. The Kier molecular flexibility index (Phi) is 3.91. The fourth-order valence-corrected chi connectivity index (χ4v) is 2.09. The fraction of sp³-hybridized carbons (Fsp3) is 0.750. The fourth-order valence-electron chi connectivity index (χ4n) is 2.09. The molecule has 0 aromatic rings. The van der Waals surface area contributed by atoms with E-state index < -0.39 is 17.4 Å². The van der Waals surface area contributed by atoms with Gasteiger partial charge in [-0.05, 0) is 18.3 Å². The largest absolute Gasteiger partial charge is 0.480 e. The first-order valence-corrected chi connectivity index (χ1v) is 5.83. The van der Waals surface area contributed by atoms with E-state index in [9.17, 15) is 19.5 Å². The Morgan fingerprint density at radius 3 is 1.88 bits per heavy atom. The minimum atomic E-state index is -1.12. The highest BCUT2D eigenvalue weighted by molar-refractivity contribution is 6.00. The minimum Gasteiger partial charge on any atom is -0.480 e. The summed E-state index contributed by atoms with van der Waals surface area (Å²) in [5.41, 5.74) is -0.665. The number of hydrogen-bond acceptors (Lipinski definition) is 3. The highest BCUT2D eigenvalue weighted by Crippen LogP contribution is 2.28. The highest BCUT2D eigenvalue weighted by Gasteiger charge is 2.42. The third-order valence-electron chi connectivity index (χ3n) is 2.88. The lowest BCUT2D eigenvalue weighted by Crippen LogP contribution is -2.54. The van der Waals surface area contributed by atoms with E-state index in [0.717, 1.165) is 4.90 Å². The number of rotatable bonds is 2. The second-order valence-corrected chi connectivity index (χ2v) is 5.47. The summed E-state index contributed by atoms with van der Waals surface area (Å²) in [6, 6.07) is -1.08. The topological polar surface area (TPSA) is 74.7 Å². The standard InChI is InChI=1S/C12H19NO4/c1-12(2,3)10(11(16)17)13-8(14)6-4-5-7-9(13)15/h10H,4-7H2,1-3H3,(H,16,17). The van der Waals surface area contributed by atoms with Gasteiger partial charge in [0.25, 0.3) is 0 Å². The molecule has 5 heteroatoms. The second-order valence-electron chi connectivity index (χ2n) is 5.47. The Morgan fingerprint density at radius 2 is 1.59 bits per heavy atom. The summed E-state index contributed by atoms with van der Waals surface area (Å²) >= 11 is 0. The quantitative estimate of drug-likeness (QED) is 0.742. The number of amides is 2. The number of aliphatic carboxylic acids is 1. The average Bonchev–Trinajstić information content (AvgIpc) is 2.30. The van der Waals surface area contributed by atoms with Crippen LogP contribution in [0.5, 0.6) is 0 Å². The molecule has 0 aromatic carbocycles. The number of carboxylic acids is 1. The Balaban J connectivity index is 3.10. The van der Waals surface area contributed by atoms with Crippen molar-refractivity contribution in [2.75, 3.05) is 0 Å². The molecule has 0 aliphatic carbocycles. The van der Waals surface area contributed by atoms with Gasteiger partial charge in [-0.2, -0.15) is 0 Å². The third kappa shape index (κ3) is 3.05. The van der Waals surface area contributed by atoms with Gasteiger partial charge in [0.2, 0.25) is 11.8 Å². The Hall–Kier alpha value is -1.39. The van der Waals surface area contributed by atoms with Crippen molar-refractivity contribution in [3.63, 3.8) is 0 Å². The van der Waals surface area contributed by atoms with Crippen molar-refractivity contribution >= 4 is 17.8 Å². The predicted molar refractivity (Wildman–Crippen MR) is 61.2 cm³/mol. The molecule has 0 aromatic heterocycles. The van der Waals surface area contributed by atoms with Gasteiger partial charge < -0.3 is 5.11 Å². The van der Waals surface area contributed by atoms with Gasteiger partial charge in [-0.1, -0.05) is 20.8 Å². The minimum absolute atomic E-state index is 0.256. The van der Waals surface area contributed by atoms with Crippen LogP contribution in [-0.2, 0) is 14.4 Å². The van der Waals surface area contributed by atoms with Gasteiger partial charge >= 0.3 is 5.97 Å². The second kappa shape index (κ2) is 4.85. The number of hydrogen-bond donors (Lipinski definition) is 1. The average molecular weight is 241 g/mol. The van der Waals surface area contributed by atoms with E-state index >= 15 is 0 Å². The maximum Gasteiger partial charge on any atom is 0.327 e. The number of nitrogens with zero attached hydrogens (tertiary/aromatic N) is 1. The number of imide groups is 1. The number of carboxylic acid groups (broad SMARTS) is 1. The Bertz CT molecular complexity index is 325. The molecule has 1 N–H and O–H groups in total. The molecule has 1 saturated heterocycles. The summed E-state index contributed by atoms with van der Waals surface area (Å²) in [7, 11) is 0. The molecule has 1 fully saturated rings. The maximum absolute atomic E-state index is 11.9. The van der Waals surface area contributed by atoms with Crippen LogP contribution < -0.4 is 0 Å². The normalized spacial score (nSPS) is 20.1. The van der Waals surface area contributed by atoms with Crippen LogP contribution in [-0.4, -0.2) is 33.8 Å². The molecule has 2 amide bonds. The molecule has 1 atom stereocenters. The molecule has 1 aliphatic heterocycles. The van der Waals surface area contributed by atoms with Gasteiger partial charge in [-0.25, -0.2) is 4.79 Å². The number of likely N-dealkylation sites (tertiary alicyclic amines) is 1. The van der Waals surface area contributed by atoms with Crippen LogP contribution in [0.1, 0.15) is 46.5 Å². The van der Waals surface area contributed by atoms with E-state index in [0.29, 0.717) is 12.8 Å². The molecule has 1 rings (SSSR count). The summed E-state index contributed by atoms with van der Waals surface area (Å²) in [6.45, 7) is 5.16. The summed E-state index contributed by atoms with van der Waals surface area (Å²) in [5, 5.41) is 9.24. The molecule has 0 spiro atoms. The predicted octanol–water partition coefficient (Wildman–Crippen LogP) is 1.41. The molecule has 17 heavy (non-hydrogen) atoms. The van der Waals surface area contributed by atoms with Crippen molar-refractivity contribution in [3.05, 3.63) is 0 Å². The van der Waals surface area contributed by atoms with Crippen molar-refractivity contribution in [1.82, 2.24) is 4.90 Å². The van der Waals surface area contributed by atoms with Crippen molar-refractivity contribution in [1.29, 1.82) is 0 Å². The molecule has 0 saturated carbocycles. The molecule has 0 radical (unpaired) electrons. The lowest BCUT2D eigenvalue weighted by molar-refractivity contribution is -0.162. The molecular formula is C12H19NO4. The SMILES string of the molecule is CC(C)(C)C(C(=O)O)N1C(=O)CCCCC1=O. The van der Waals surface area contributed by atoms with E-state index in [1.165, 1.54) is 0 Å². The van der Waals surface area contributed by atoms with Gasteiger partial charge in [-0.3, -0.25) is 14.5 Å². The monoisotopic (exact) mass is 241 g/mol. The smallest absolute Gasteiger partial charge is 0.327 e. The first-order chi connectivity index (χ1) is 7.75. The van der Waals surface area contributed by atoms with Crippen molar-refractivity contribution < 1.29 is 19.5 Å². The molecule has 5 nitrogen and oxygen atoms in total. The van der Waals surface area contributed by atoms with Crippen LogP contribution in [0.4, 0.5) is 0 Å². The van der Waals surface area contributed by atoms with Crippen LogP contribution in [0.15, 0.2) is 0 Å². The summed E-state index contributed by atoms with van der Waals surface area (Å²) in [5.74, 6) is -1.86.